The van der Waals surface area contributed by atoms with Crippen molar-refractivity contribution in [1.82, 2.24) is 5.32 Å². The van der Waals surface area contributed by atoms with E-state index in [9.17, 15) is 4.79 Å². The Kier molecular flexibility index (Phi) is 4.88. The zero-order chi connectivity index (χ0) is 9.56. The molecule has 0 aliphatic carbocycles. The highest BCUT2D eigenvalue weighted by atomic mass is 35.5. The van der Waals surface area contributed by atoms with Crippen LogP contribution >= 0.6 is 11.6 Å². The molecule has 0 fully saturated rings. The average Bonchev–Trinajstić information content (AvgIpc) is 1.96. The molecule has 0 rings (SSSR count). The maximum Gasteiger partial charge on any atom is 0.221 e. The summed E-state index contributed by atoms with van der Waals surface area (Å²) in [7, 11) is 0. The smallest absolute Gasteiger partial charge is 0.221 e. The summed E-state index contributed by atoms with van der Waals surface area (Å²) in [6.45, 7) is 4.86. The van der Waals surface area contributed by atoms with E-state index in [4.69, 9.17) is 17.3 Å². The molecule has 0 aromatic rings. The van der Waals surface area contributed by atoms with E-state index in [2.05, 4.69) is 11.9 Å². The monoisotopic (exact) mass is 186 g/mol. The average molecular weight is 187 g/mol. The highest BCUT2D eigenvalue weighted by molar-refractivity contribution is 6.31. The van der Waals surface area contributed by atoms with Gasteiger partial charge in [0.15, 0.2) is 0 Å². The summed E-state index contributed by atoms with van der Waals surface area (Å²) in [4.78, 5) is 10.6. The Hall–Kier alpha value is -1.22. The van der Waals surface area contributed by atoms with E-state index in [1.807, 2.05) is 0 Å². The first kappa shape index (κ1) is 10.8. The van der Waals surface area contributed by atoms with Gasteiger partial charge >= 0.3 is 0 Å². The normalized spacial score (nSPS) is 11.7. The third-order valence-corrected chi connectivity index (χ3v) is 1.18. The van der Waals surface area contributed by atoms with Gasteiger partial charge in [-0.15, -0.1) is 0 Å². The molecule has 0 saturated carbocycles. The van der Waals surface area contributed by atoms with E-state index in [1.165, 1.54) is 13.1 Å². The summed E-state index contributed by atoms with van der Waals surface area (Å²) >= 11 is 5.57. The van der Waals surface area contributed by atoms with Gasteiger partial charge in [-0.05, 0) is 18.4 Å². The van der Waals surface area contributed by atoms with Crippen molar-refractivity contribution in [3.63, 3.8) is 0 Å². The molecule has 0 unspecified atom stereocenters. The van der Waals surface area contributed by atoms with Crippen molar-refractivity contribution in [2.75, 3.05) is 0 Å². The molecule has 3 N–H and O–H groups in total. The van der Waals surface area contributed by atoms with Crippen molar-refractivity contribution in [1.29, 1.82) is 0 Å². The summed E-state index contributed by atoms with van der Waals surface area (Å²) in [5.74, 6) is -0.200. The van der Waals surface area contributed by atoms with Crippen LogP contribution in [0.4, 0.5) is 0 Å². The third-order valence-electron chi connectivity index (χ3n) is 0.977. The largest absolute Gasteiger partial charge is 0.405 e. The second-order valence-electron chi connectivity index (χ2n) is 2.05. The predicted octanol–water partition coefficient (Wildman–Crippen LogP) is 1.23. The van der Waals surface area contributed by atoms with E-state index in [1.54, 1.807) is 12.2 Å². The lowest BCUT2D eigenvalue weighted by Gasteiger charge is -2.03. The topological polar surface area (TPSA) is 55.1 Å². The van der Waals surface area contributed by atoms with Crippen LogP contribution in [-0.4, -0.2) is 5.91 Å². The predicted molar refractivity (Wildman–Crippen MR) is 50.2 cm³/mol. The number of hydrogen-bond acceptors (Lipinski definition) is 2. The maximum atomic E-state index is 10.6. The number of nitrogens with one attached hydrogen (secondary N) is 1. The Labute approximate surface area is 76.6 Å². The van der Waals surface area contributed by atoms with Crippen LogP contribution in [0.25, 0.3) is 0 Å². The van der Waals surface area contributed by atoms with E-state index in [0.29, 0.717) is 5.70 Å². The molecule has 0 radical (unpaired) electrons. The van der Waals surface area contributed by atoms with E-state index in [-0.39, 0.29) is 10.9 Å². The maximum absolute atomic E-state index is 10.6. The van der Waals surface area contributed by atoms with Gasteiger partial charge in [0.1, 0.15) is 0 Å². The molecule has 4 heteroatoms. The highest BCUT2D eigenvalue weighted by Crippen LogP contribution is 2.08. The molecule has 1 amide bonds. The zero-order valence-corrected chi connectivity index (χ0v) is 7.56. The SMILES string of the molecule is C=C(Cl)/C(=C\C=C/N)NC(C)=O. The van der Waals surface area contributed by atoms with Gasteiger partial charge in [-0.2, -0.15) is 0 Å². The summed E-state index contributed by atoms with van der Waals surface area (Å²) in [6.07, 6.45) is 4.46. The molecule has 0 bridgehead atoms. The van der Waals surface area contributed by atoms with Crippen LogP contribution < -0.4 is 11.1 Å². The molecule has 0 aromatic carbocycles. The van der Waals surface area contributed by atoms with Gasteiger partial charge in [0.05, 0.1) is 10.7 Å². The van der Waals surface area contributed by atoms with Gasteiger partial charge in [-0.3, -0.25) is 4.79 Å². The summed E-state index contributed by atoms with van der Waals surface area (Å²) in [5.41, 5.74) is 5.55. The first-order chi connectivity index (χ1) is 5.57. The second-order valence-corrected chi connectivity index (χ2v) is 2.51. The fourth-order valence-electron chi connectivity index (χ4n) is 0.541. The quantitative estimate of drug-likeness (QED) is 0.652. The van der Waals surface area contributed by atoms with Crippen LogP contribution in [0.2, 0.25) is 0 Å². The Morgan fingerprint density at radius 1 is 1.67 bits per heavy atom. The van der Waals surface area contributed by atoms with Gasteiger partial charge in [0.25, 0.3) is 0 Å². The molecule has 0 aromatic heterocycles. The first-order valence-electron chi connectivity index (χ1n) is 3.29. The minimum atomic E-state index is -0.200. The standard InChI is InChI=1S/C8H11ClN2O/c1-6(9)8(4-3-5-10)11-7(2)12/h3-5H,1,10H2,2H3,(H,11,12)/b5-3-,8-4+. The molecule has 0 heterocycles. The molecular formula is C8H11ClN2O. The molecule has 0 aliphatic rings. The van der Waals surface area contributed by atoms with Gasteiger partial charge < -0.3 is 11.1 Å². The molecule has 3 nitrogen and oxygen atoms in total. The molecule has 66 valence electrons. The van der Waals surface area contributed by atoms with Crippen LogP contribution in [-0.2, 0) is 4.79 Å². The number of halogens is 1. The minimum absolute atomic E-state index is 0.200. The van der Waals surface area contributed by atoms with Crippen molar-refractivity contribution < 1.29 is 4.79 Å². The molecular weight excluding hydrogens is 176 g/mol. The molecule has 12 heavy (non-hydrogen) atoms. The van der Waals surface area contributed by atoms with Crippen molar-refractivity contribution in [3.8, 4) is 0 Å². The first-order valence-corrected chi connectivity index (χ1v) is 3.66. The number of nitrogens with two attached hydrogens (primary N) is 1. The van der Waals surface area contributed by atoms with Crippen LogP contribution in [0.15, 0.2) is 35.7 Å². The number of rotatable bonds is 3. The lowest BCUT2D eigenvalue weighted by molar-refractivity contribution is -0.118. The van der Waals surface area contributed by atoms with E-state index in [0.717, 1.165) is 0 Å². The molecule has 0 aliphatic heterocycles. The fourth-order valence-corrected chi connectivity index (χ4v) is 0.652. The van der Waals surface area contributed by atoms with Gasteiger partial charge in [-0.1, -0.05) is 18.2 Å². The Morgan fingerprint density at radius 3 is 2.58 bits per heavy atom. The van der Waals surface area contributed by atoms with Crippen molar-refractivity contribution >= 4 is 17.5 Å². The Balaban J connectivity index is 4.43. The molecule has 0 atom stereocenters. The van der Waals surface area contributed by atoms with Crippen LogP contribution in [0.1, 0.15) is 6.92 Å². The molecule has 0 saturated heterocycles. The number of hydrogen-bond donors (Lipinski definition) is 2. The Morgan fingerprint density at radius 2 is 2.25 bits per heavy atom. The lowest BCUT2D eigenvalue weighted by atomic mass is 10.3. The summed E-state index contributed by atoms with van der Waals surface area (Å²) in [5, 5.41) is 2.76. The van der Waals surface area contributed by atoms with Gasteiger partial charge in [-0.25, -0.2) is 0 Å². The summed E-state index contributed by atoms with van der Waals surface area (Å²) in [6, 6.07) is 0. The van der Waals surface area contributed by atoms with Crippen LogP contribution in [0.5, 0.6) is 0 Å². The van der Waals surface area contributed by atoms with Crippen LogP contribution in [0.3, 0.4) is 0 Å². The minimum Gasteiger partial charge on any atom is -0.405 e. The fraction of sp³-hybridized carbons (Fsp3) is 0.125. The van der Waals surface area contributed by atoms with Gasteiger partial charge in [0.2, 0.25) is 5.91 Å². The molecule has 0 spiro atoms. The van der Waals surface area contributed by atoms with Crippen molar-refractivity contribution in [3.05, 3.63) is 35.7 Å². The number of amides is 1. The highest BCUT2D eigenvalue weighted by Gasteiger charge is 1.99. The number of carbonyl (C=O) groups is 1. The lowest BCUT2D eigenvalue weighted by Crippen LogP contribution is -2.18. The van der Waals surface area contributed by atoms with E-state index < -0.39 is 0 Å². The zero-order valence-electron chi connectivity index (χ0n) is 6.80. The van der Waals surface area contributed by atoms with Crippen molar-refractivity contribution in [2.45, 2.75) is 6.92 Å². The van der Waals surface area contributed by atoms with E-state index >= 15 is 0 Å². The Bertz CT molecular complexity index is 243. The summed E-state index contributed by atoms with van der Waals surface area (Å²) < 4.78 is 0. The second kappa shape index (κ2) is 5.43. The number of allylic oxidation sites excluding steroid dienone is 3. The van der Waals surface area contributed by atoms with Crippen LogP contribution in [0, 0.1) is 0 Å². The third kappa shape index (κ3) is 4.57. The van der Waals surface area contributed by atoms with Crippen molar-refractivity contribution in [2.24, 2.45) is 5.73 Å². The number of carbonyl (C=O) groups excluding carboxylic acids is 1. The van der Waals surface area contributed by atoms with Gasteiger partial charge in [0, 0.05) is 6.92 Å².